The van der Waals surface area contributed by atoms with E-state index in [9.17, 15) is 8.42 Å². The molecule has 23 heavy (non-hydrogen) atoms. The van der Waals surface area contributed by atoms with Crippen LogP contribution < -0.4 is 14.8 Å². The number of hydrogen-bond acceptors (Lipinski definition) is 5. The Kier molecular flexibility index (Phi) is 4.28. The van der Waals surface area contributed by atoms with Crippen LogP contribution in [0.5, 0.6) is 11.5 Å². The number of nitrogens with one attached hydrogen (secondary N) is 1. The van der Waals surface area contributed by atoms with Gasteiger partial charge in [-0.25, -0.2) is 8.42 Å². The van der Waals surface area contributed by atoms with Gasteiger partial charge in [-0.2, -0.15) is 0 Å². The molecule has 1 heterocycles. The summed E-state index contributed by atoms with van der Waals surface area (Å²) >= 11 is 0. The second kappa shape index (κ2) is 6.22. The molecule has 3 rings (SSSR count). The molecule has 122 valence electrons. The molecule has 0 bridgehead atoms. The van der Waals surface area contributed by atoms with Gasteiger partial charge in [0.2, 0.25) is 14.8 Å². The molecule has 1 aliphatic rings. The lowest BCUT2D eigenvalue weighted by atomic mass is 10.2. The quantitative estimate of drug-likeness (QED) is 0.909. The Balaban J connectivity index is 2.05. The van der Waals surface area contributed by atoms with Crippen molar-refractivity contribution < 1.29 is 17.9 Å². The fourth-order valence-corrected chi connectivity index (χ4v) is 4.32. The molecule has 0 radical (unpaired) electrons. The molecule has 0 saturated heterocycles. The van der Waals surface area contributed by atoms with Crippen LogP contribution in [0.15, 0.2) is 59.5 Å². The first-order chi connectivity index (χ1) is 11.1. The molecular formula is C17H19NO4S. The minimum Gasteiger partial charge on any atom is -0.484 e. The van der Waals surface area contributed by atoms with Gasteiger partial charge in [-0.05, 0) is 37.9 Å². The number of benzene rings is 2. The molecule has 1 unspecified atom stereocenters. The SMILES string of the molecule is CNCCC1(S(=O)(=O)c2ccccc2)COc2ccccc2O1. The maximum absolute atomic E-state index is 13.2. The number of sulfone groups is 1. The highest BCUT2D eigenvalue weighted by atomic mass is 32.2. The molecule has 0 fully saturated rings. The number of hydrogen-bond donors (Lipinski definition) is 1. The lowest BCUT2D eigenvalue weighted by Crippen LogP contribution is -2.52. The van der Waals surface area contributed by atoms with Gasteiger partial charge in [0.1, 0.15) is 6.61 Å². The van der Waals surface area contributed by atoms with E-state index < -0.39 is 14.8 Å². The molecule has 0 saturated carbocycles. The first kappa shape index (κ1) is 15.8. The summed E-state index contributed by atoms with van der Waals surface area (Å²) < 4.78 is 38.1. The van der Waals surface area contributed by atoms with E-state index in [0.717, 1.165) is 0 Å². The molecule has 0 aliphatic carbocycles. The van der Waals surface area contributed by atoms with Crippen LogP contribution in [0.2, 0.25) is 0 Å². The Morgan fingerprint density at radius 1 is 1.04 bits per heavy atom. The predicted molar refractivity (Wildman–Crippen MR) is 87.5 cm³/mol. The molecule has 1 N–H and O–H groups in total. The summed E-state index contributed by atoms with van der Waals surface area (Å²) in [6, 6.07) is 15.5. The van der Waals surface area contributed by atoms with Gasteiger partial charge >= 0.3 is 0 Å². The van der Waals surface area contributed by atoms with Gasteiger partial charge in [0.25, 0.3) is 0 Å². The highest BCUT2D eigenvalue weighted by Crippen LogP contribution is 2.40. The van der Waals surface area contributed by atoms with Crippen molar-refractivity contribution in [2.45, 2.75) is 16.2 Å². The van der Waals surface area contributed by atoms with Gasteiger partial charge in [-0.1, -0.05) is 30.3 Å². The Labute approximate surface area is 136 Å². The lowest BCUT2D eigenvalue weighted by Gasteiger charge is -2.37. The number of para-hydroxylation sites is 2. The zero-order chi connectivity index (χ0) is 16.3. The topological polar surface area (TPSA) is 64.6 Å². The number of ether oxygens (including phenoxy) is 2. The highest BCUT2D eigenvalue weighted by Gasteiger charge is 2.50. The summed E-state index contributed by atoms with van der Waals surface area (Å²) in [7, 11) is -1.95. The minimum atomic E-state index is -3.73. The van der Waals surface area contributed by atoms with Gasteiger partial charge in [-0.3, -0.25) is 0 Å². The average Bonchev–Trinajstić information content (AvgIpc) is 2.60. The summed E-state index contributed by atoms with van der Waals surface area (Å²) in [6.45, 7) is 0.459. The summed E-state index contributed by atoms with van der Waals surface area (Å²) in [4.78, 5) is -1.20. The second-order valence-corrected chi connectivity index (χ2v) is 7.64. The van der Waals surface area contributed by atoms with Crippen molar-refractivity contribution in [3.63, 3.8) is 0 Å². The van der Waals surface area contributed by atoms with Crippen molar-refractivity contribution in [2.24, 2.45) is 0 Å². The second-order valence-electron chi connectivity index (χ2n) is 5.42. The largest absolute Gasteiger partial charge is 0.484 e. The maximum atomic E-state index is 13.2. The molecular weight excluding hydrogens is 314 g/mol. The van der Waals surface area contributed by atoms with E-state index in [2.05, 4.69) is 5.32 Å². The van der Waals surface area contributed by atoms with E-state index in [1.165, 1.54) is 0 Å². The lowest BCUT2D eigenvalue weighted by molar-refractivity contribution is 0.0495. The molecule has 1 aliphatic heterocycles. The summed E-state index contributed by atoms with van der Waals surface area (Å²) in [6.07, 6.45) is 0.287. The minimum absolute atomic E-state index is 0.0388. The number of fused-ring (bicyclic) bond motifs is 1. The van der Waals surface area contributed by atoms with E-state index in [4.69, 9.17) is 9.47 Å². The maximum Gasteiger partial charge on any atom is 0.247 e. The van der Waals surface area contributed by atoms with E-state index >= 15 is 0 Å². The molecule has 0 aromatic heterocycles. The highest BCUT2D eigenvalue weighted by molar-refractivity contribution is 7.92. The normalized spacial score (nSPS) is 20.2. The molecule has 0 amide bonds. The van der Waals surface area contributed by atoms with Gasteiger partial charge in [-0.15, -0.1) is 0 Å². The monoisotopic (exact) mass is 333 g/mol. The first-order valence-electron chi connectivity index (χ1n) is 7.44. The van der Waals surface area contributed by atoms with Crippen molar-refractivity contribution in [3.05, 3.63) is 54.6 Å². The molecule has 0 spiro atoms. The summed E-state index contributed by atoms with van der Waals surface area (Å²) in [5, 5.41) is 2.99. The third kappa shape index (κ3) is 2.80. The first-order valence-corrected chi connectivity index (χ1v) is 8.92. The third-order valence-corrected chi connectivity index (χ3v) is 6.17. The molecule has 2 aromatic carbocycles. The van der Waals surface area contributed by atoms with Crippen molar-refractivity contribution in [3.8, 4) is 11.5 Å². The summed E-state index contributed by atoms with van der Waals surface area (Å²) in [5.41, 5.74) is 0. The molecule has 6 heteroatoms. The van der Waals surface area contributed by atoms with Gasteiger partial charge in [0.05, 0.1) is 4.90 Å². The van der Waals surface area contributed by atoms with E-state index in [-0.39, 0.29) is 17.9 Å². The summed E-state index contributed by atoms with van der Waals surface area (Å²) in [5.74, 6) is 1.02. The van der Waals surface area contributed by atoms with Crippen LogP contribution in [0.1, 0.15) is 6.42 Å². The van der Waals surface area contributed by atoms with Crippen LogP contribution in [0.3, 0.4) is 0 Å². The standard InChI is InChI=1S/C17H19NO4S/c1-18-12-11-17(23(19,20)14-7-3-2-4-8-14)13-21-15-9-5-6-10-16(15)22-17/h2-10,18H,11-13H2,1H3. The van der Waals surface area contributed by atoms with Crippen LogP contribution >= 0.6 is 0 Å². The van der Waals surface area contributed by atoms with Crippen LogP contribution in [0, 0.1) is 0 Å². The van der Waals surface area contributed by atoms with Crippen LogP contribution in [-0.2, 0) is 9.84 Å². The van der Waals surface area contributed by atoms with Crippen LogP contribution in [0.25, 0.3) is 0 Å². The van der Waals surface area contributed by atoms with Crippen LogP contribution in [0.4, 0.5) is 0 Å². The Hall–Kier alpha value is -2.05. The third-order valence-electron chi connectivity index (χ3n) is 3.89. The Morgan fingerprint density at radius 3 is 2.39 bits per heavy atom. The fourth-order valence-electron chi connectivity index (χ4n) is 2.59. The van der Waals surface area contributed by atoms with Crippen molar-refractivity contribution in [1.29, 1.82) is 0 Å². The van der Waals surface area contributed by atoms with Crippen molar-refractivity contribution >= 4 is 9.84 Å². The molecule has 5 nitrogen and oxygen atoms in total. The number of rotatable bonds is 5. The van der Waals surface area contributed by atoms with Crippen molar-refractivity contribution in [2.75, 3.05) is 20.2 Å². The zero-order valence-electron chi connectivity index (χ0n) is 12.9. The Bertz CT molecular complexity index is 776. The predicted octanol–water partition coefficient (Wildman–Crippen LogP) is 2.24. The Morgan fingerprint density at radius 2 is 1.70 bits per heavy atom. The van der Waals surface area contributed by atoms with E-state index in [1.807, 2.05) is 6.07 Å². The average molecular weight is 333 g/mol. The van der Waals surface area contributed by atoms with Gasteiger partial charge < -0.3 is 14.8 Å². The molecule has 2 aromatic rings. The van der Waals surface area contributed by atoms with Crippen molar-refractivity contribution in [1.82, 2.24) is 5.32 Å². The van der Waals surface area contributed by atoms with E-state index in [1.54, 1.807) is 55.6 Å². The zero-order valence-corrected chi connectivity index (χ0v) is 13.7. The van der Waals surface area contributed by atoms with E-state index in [0.29, 0.717) is 18.0 Å². The van der Waals surface area contributed by atoms with Gasteiger partial charge in [0, 0.05) is 6.42 Å². The molecule has 1 atom stereocenters. The van der Waals surface area contributed by atoms with Gasteiger partial charge in [0.15, 0.2) is 11.5 Å². The smallest absolute Gasteiger partial charge is 0.247 e. The van der Waals surface area contributed by atoms with Crippen LogP contribution in [-0.4, -0.2) is 33.6 Å². The fraction of sp³-hybridized carbons (Fsp3) is 0.294.